The number of furan rings is 1. The maximum atomic E-state index is 12.5. The van der Waals surface area contributed by atoms with Crippen LogP contribution in [0, 0.1) is 5.92 Å². The van der Waals surface area contributed by atoms with Crippen molar-refractivity contribution < 1.29 is 13.9 Å². The average molecular weight is 420 g/mol. The molecule has 1 aromatic rings. The Morgan fingerprint density at radius 2 is 1.97 bits per heavy atom. The summed E-state index contributed by atoms with van der Waals surface area (Å²) < 4.78 is 10.8. The molecule has 8 heteroatoms. The van der Waals surface area contributed by atoms with Gasteiger partial charge < -0.3 is 24.7 Å². The lowest BCUT2D eigenvalue weighted by atomic mass is 10.1. The van der Waals surface area contributed by atoms with Crippen molar-refractivity contribution in [3.8, 4) is 0 Å². The smallest absolute Gasteiger partial charge is 0.225 e. The molecule has 0 unspecified atom stereocenters. The summed E-state index contributed by atoms with van der Waals surface area (Å²) in [5, 5.41) is 6.69. The number of aliphatic imine (C=N–C) groups is 1. The molecular weight excluding hydrogens is 382 g/mol. The van der Waals surface area contributed by atoms with Crippen LogP contribution in [0.4, 0.5) is 0 Å². The molecule has 1 saturated heterocycles. The van der Waals surface area contributed by atoms with Crippen molar-refractivity contribution in [2.45, 2.75) is 38.7 Å². The monoisotopic (exact) mass is 419 g/mol. The zero-order valence-electron chi connectivity index (χ0n) is 18.3. The standard InChI is InChI=1S/C22H37N5O3/c1-23-22(24-9-5-16-29-18-20-8-4-17-30-20)25-10-11-26-12-14-27(15-13-26)21(28)19-6-2-3-7-19/h4,8,17,19H,2-3,5-7,9-16,18H2,1H3,(H2,23,24,25). The van der Waals surface area contributed by atoms with Crippen LogP contribution in [0.3, 0.4) is 0 Å². The Balaban J connectivity index is 1.20. The highest BCUT2D eigenvalue weighted by Crippen LogP contribution is 2.26. The summed E-state index contributed by atoms with van der Waals surface area (Å²) in [5.74, 6) is 2.35. The molecule has 0 aromatic carbocycles. The van der Waals surface area contributed by atoms with Gasteiger partial charge >= 0.3 is 0 Å². The van der Waals surface area contributed by atoms with Crippen molar-refractivity contribution in [2.75, 3.05) is 59.5 Å². The first-order valence-electron chi connectivity index (χ1n) is 11.3. The molecule has 0 bridgehead atoms. The zero-order valence-corrected chi connectivity index (χ0v) is 18.3. The van der Waals surface area contributed by atoms with E-state index >= 15 is 0 Å². The molecule has 1 amide bonds. The van der Waals surface area contributed by atoms with Gasteiger partial charge in [0.15, 0.2) is 5.96 Å². The van der Waals surface area contributed by atoms with Gasteiger partial charge in [-0.05, 0) is 31.4 Å². The quantitative estimate of drug-likeness (QED) is 0.341. The third kappa shape index (κ3) is 7.32. The number of carbonyl (C=O) groups is 1. The van der Waals surface area contributed by atoms with E-state index in [1.165, 1.54) is 12.8 Å². The van der Waals surface area contributed by atoms with Crippen LogP contribution in [0.15, 0.2) is 27.8 Å². The highest BCUT2D eigenvalue weighted by molar-refractivity contribution is 5.79. The summed E-state index contributed by atoms with van der Waals surface area (Å²) in [4.78, 5) is 21.3. The second-order valence-electron chi connectivity index (χ2n) is 8.06. The third-order valence-electron chi connectivity index (χ3n) is 5.91. The summed E-state index contributed by atoms with van der Waals surface area (Å²) in [6, 6.07) is 3.78. The SMILES string of the molecule is CN=C(NCCCOCc1ccco1)NCCN1CCN(C(=O)C2CCCC2)CC1. The lowest BCUT2D eigenvalue weighted by molar-refractivity contribution is -0.137. The Morgan fingerprint density at radius 3 is 2.67 bits per heavy atom. The van der Waals surface area contributed by atoms with Crippen LogP contribution in [-0.4, -0.2) is 81.1 Å². The van der Waals surface area contributed by atoms with Gasteiger partial charge in [-0.3, -0.25) is 14.7 Å². The Morgan fingerprint density at radius 1 is 1.20 bits per heavy atom. The van der Waals surface area contributed by atoms with Crippen LogP contribution < -0.4 is 10.6 Å². The van der Waals surface area contributed by atoms with E-state index in [0.29, 0.717) is 25.0 Å². The van der Waals surface area contributed by atoms with Crippen molar-refractivity contribution in [1.82, 2.24) is 20.4 Å². The molecule has 2 heterocycles. The average Bonchev–Trinajstić information content (AvgIpc) is 3.49. The molecule has 1 aliphatic heterocycles. The molecule has 1 saturated carbocycles. The second kappa shape index (κ2) is 12.6. The molecule has 3 rings (SSSR count). The molecule has 30 heavy (non-hydrogen) atoms. The number of nitrogens with one attached hydrogen (secondary N) is 2. The van der Waals surface area contributed by atoms with Gasteiger partial charge in [-0.1, -0.05) is 12.8 Å². The fourth-order valence-corrected chi connectivity index (χ4v) is 4.12. The largest absolute Gasteiger partial charge is 0.467 e. The number of rotatable bonds is 10. The molecule has 0 atom stereocenters. The topological polar surface area (TPSA) is 82.3 Å². The molecule has 1 aliphatic carbocycles. The fourth-order valence-electron chi connectivity index (χ4n) is 4.12. The van der Waals surface area contributed by atoms with E-state index in [4.69, 9.17) is 9.15 Å². The fraction of sp³-hybridized carbons (Fsp3) is 0.727. The lowest BCUT2D eigenvalue weighted by Gasteiger charge is -2.36. The van der Waals surface area contributed by atoms with Crippen LogP contribution in [-0.2, 0) is 16.1 Å². The van der Waals surface area contributed by atoms with Crippen LogP contribution >= 0.6 is 0 Å². The van der Waals surface area contributed by atoms with E-state index in [1.807, 2.05) is 12.1 Å². The molecular formula is C22H37N5O3. The van der Waals surface area contributed by atoms with E-state index in [9.17, 15) is 4.79 Å². The van der Waals surface area contributed by atoms with Crippen molar-refractivity contribution in [3.05, 3.63) is 24.2 Å². The molecule has 0 radical (unpaired) electrons. The Kier molecular flexibility index (Phi) is 9.50. The predicted octanol–water partition coefficient (Wildman–Crippen LogP) is 1.69. The first kappa shape index (κ1) is 22.6. The van der Waals surface area contributed by atoms with Crippen LogP contribution in [0.1, 0.15) is 37.9 Å². The summed E-state index contributed by atoms with van der Waals surface area (Å²) in [6.07, 6.45) is 7.17. The number of ether oxygens (including phenoxy) is 1. The first-order chi connectivity index (χ1) is 14.8. The van der Waals surface area contributed by atoms with Gasteiger partial charge in [0.05, 0.1) is 6.26 Å². The van der Waals surface area contributed by atoms with E-state index in [1.54, 1.807) is 13.3 Å². The number of guanidine groups is 1. The molecule has 2 N–H and O–H groups in total. The van der Waals surface area contributed by atoms with Gasteiger partial charge in [-0.25, -0.2) is 0 Å². The summed E-state index contributed by atoms with van der Waals surface area (Å²) >= 11 is 0. The normalized spacial score (nSPS) is 18.7. The number of amides is 1. The molecule has 8 nitrogen and oxygen atoms in total. The Labute approximate surface area is 180 Å². The van der Waals surface area contributed by atoms with E-state index in [0.717, 1.165) is 76.8 Å². The maximum absolute atomic E-state index is 12.5. The van der Waals surface area contributed by atoms with Crippen molar-refractivity contribution >= 4 is 11.9 Å². The van der Waals surface area contributed by atoms with E-state index in [2.05, 4.69) is 25.4 Å². The lowest BCUT2D eigenvalue weighted by Crippen LogP contribution is -2.51. The molecule has 2 fully saturated rings. The zero-order chi connectivity index (χ0) is 21.0. The van der Waals surface area contributed by atoms with Crippen molar-refractivity contribution in [2.24, 2.45) is 10.9 Å². The summed E-state index contributed by atoms with van der Waals surface area (Å²) in [6.45, 7) is 7.43. The predicted molar refractivity (Wildman–Crippen MR) is 117 cm³/mol. The van der Waals surface area contributed by atoms with Gasteiger partial charge in [0.1, 0.15) is 12.4 Å². The van der Waals surface area contributed by atoms with Gasteiger partial charge in [0.2, 0.25) is 5.91 Å². The number of hydrogen-bond donors (Lipinski definition) is 2. The molecule has 0 spiro atoms. The molecule has 1 aromatic heterocycles. The van der Waals surface area contributed by atoms with Crippen LogP contribution in [0.25, 0.3) is 0 Å². The molecule has 168 valence electrons. The minimum absolute atomic E-state index is 0.295. The number of piperazine rings is 1. The Bertz CT molecular complexity index is 635. The first-order valence-corrected chi connectivity index (χ1v) is 11.3. The summed E-state index contributed by atoms with van der Waals surface area (Å²) in [5.41, 5.74) is 0. The Hall–Kier alpha value is -2.06. The van der Waals surface area contributed by atoms with Crippen molar-refractivity contribution in [1.29, 1.82) is 0 Å². The maximum Gasteiger partial charge on any atom is 0.225 e. The number of nitrogens with zero attached hydrogens (tertiary/aromatic N) is 3. The highest BCUT2D eigenvalue weighted by Gasteiger charge is 2.29. The highest BCUT2D eigenvalue weighted by atomic mass is 16.5. The summed E-state index contributed by atoms with van der Waals surface area (Å²) in [7, 11) is 1.79. The number of hydrogen-bond acceptors (Lipinski definition) is 5. The van der Waals surface area contributed by atoms with E-state index < -0.39 is 0 Å². The van der Waals surface area contributed by atoms with Crippen LogP contribution in [0.2, 0.25) is 0 Å². The minimum atomic E-state index is 0.295. The van der Waals surface area contributed by atoms with Gasteiger partial charge in [0.25, 0.3) is 0 Å². The van der Waals surface area contributed by atoms with E-state index in [-0.39, 0.29) is 0 Å². The second-order valence-corrected chi connectivity index (χ2v) is 8.06. The number of carbonyl (C=O) groups excluding carboxylic acids is 1. The molecule has 2 aliphatic rings. The van der Waals surface area contributed by atoms with Gasteiger partial charge in [-0.15, -0.1) is 0 Å². The van der Waals surface area contributed by atoms with Crippen LogP contribution in [0.5, 0.6) is 0 Å². The van der Waals surface area contributed by atoms with Crippen molar-refractivity contribution in [3.63, 3.8) is 0 Å². The van der Waals surface area contributed by atoms with Gasteiger partial charge in [0, 0.05) is 65.4 Å². The van der Waals surface area contributed by atoms with Gasteiger partial charge in [-0.2, -0.15) is 0 Å². The third-order valence-corrected chi connectivity index (χ3v) is 5.91. The minimum Gasteiger partial charge on any atom is -0.467 e.